The predicted octanol–water partition coefficient (Wildman–Crippen LogP) is 2.26. The van der Waals surface area contributed by atoms with Crippen molar-refractivity contribution in [1.29, 1.82) is 5.41 Å². The van der Waals surface area contributed by atoms with Gasteiger partial charge in [0.1, 0.15) is 18.2 Å². The summed E-state index contributed by atoms with van der Waals surface area (Å²) in [4.78, 5) is 4.14. The van der Waals surface area contributed by atoms with Crippen LogP contribution in [0.5, 0.6) is 11.6 Å². The molecule has 0 aliphatic carbocycles. The number of benzene rings is 1. The Balaban J connectivity index is 2.14. The van der Waals surface area contributed by atoms with Crippen LogP contribution in [0.2, 0.25) is 0 Å². The standard InChI is InChI=1S/C15H17N3O2/c1-10-7-8-18-15(13(10)14(16)17)20-9-11-3-5-12(19-2)6-4-11/h3-8H,9H2,1-2H3,(H3,16,17). The average molecular weight is 271 g/mol. The number of aryl methyl sites for hydroxylation is 1. The first-order valence-electron chi connectivity index (χ1n) is 6.17. The fourth-order valence-electron chi connectivity index (χ4n) is 1.84. The maximum absolute atomic E-state index is 7.59. The van der Waals surface area contributed by atoms with E-state index >= 15 is 0 Å². The van der Waals surface area contributed by atoms with E-state index in [1.807, 2.05) is 31.2 Å². The first-order valence-corrected chi connectivity index (χ1v) is 6.17. The molecular weight excluding hydrogens is 254 g/mol. The van der Waals surface area contributed by atoms with Crippen molar-refractivity contribution in [2.24, 2.45) is 5.73 Å². The summed E-state index contributed by atoms with van der Waals surface area (Å²) < 4.78 is 10.8. The van der Waals surface area contributed by atoms with Crippen LogP contribution in [0.4, 0.5) is 0 Å². The molecule has 2 rings (SSSR count). The molecule has 104 valence electrons. The second-order valence-corrected chi connectivity index (χ2v) is 4.36. The van der Waals surface area contributed by atoms with E-state index in [9.17, 15) is 0 Å². The molecule has 0 fully saturated rings. The number of nitrogens with two attached hydrogens (primary N) is 1. The van der Waals surface area contributed by atoms with Gasteiger partial charge in [0.15, 0.2) is 0 Å². The summed E-state index contributed by atoms with van der Waals surface area (Å²) in [7, 11) is 1.63. The molecular formula is C15H17N3O2. The van der Waals surface area contributed by atoms with Gasteiger partial charge >= 0.3 is 0 Å². The Morgan fingerprint density at radius 1 is 1.25 bits per heavy atom. The van der Waals surface area contributed by atoms with Crippen molar-refractivity contribution in [3.63, 3.8) is 0 Å². The maximum Gasteiger partial charge on any atom is 0.225 e. The van der Waals surface area contributed by atoms with Crippen molar-refractivity contribution in [2.75, 3.05) is 7.11 Å². The molecule has 1 heterocycles. The molecule has 0 unspecified atom stereocenters. The molecule has 5 heteroatoms. The molecule has 3 N–H and O–H groups in total. The number of pyridine rings is 1. The number of nitrogen functional groups attached to an aromatic ring is 1. The van der Waals surface area contributed by atoms with Gasteiger partial charge in [0.2, 0.25) is 5.88 Å². The lowest BCUT2D eigenvalue weighted by Crippen LogP contribution is -2.15. The number of rotatable bonds is 5. The van der Waals surface area contributed by atoms with Gasteiger partial charge in [0.05, 0.1) is 12.7 Å². The molecule has 0 spiro atoms. The van der Waals surface area contributed by atoms with Gasteiger partial charge in [-0.2, -0.15) is 0 Å². The van der Waals surface area contributed by atoms with Crippen LogP contribution >= 0.6 is 0 Å². The van der Waals surface area contributed by atoms with E-state index in [0.717, 1.165) is 16.9 Å². The quantitative estimate of drug-likeness (QED) is 0.645. The zero-order valence-corrected chi connectivity index (χ0v) is 11.5. The summed E-state index contributed by atoms with van der Waals surface area (Å²) in [6.45, 7) is 2.24. The van der Waals surface area contributed by atoms with E-state index in [-0.39, 0.29) is 5.84 Å². The summed E-state index contributed by atoms with van der Waals surface area (Å²) in [5.74, 6) is 1.14. The van der Waals surface area contributed by atoms with Crippen LogP contribution in [0.3, 0.4) is 0 Å². The van der Waals surface area contributed by atoms with Crippen molar-refractivity contribution in [1.82, 2.24) is 4.98 Å². The first-order chi connectivity index (χ1) is 9.61. The van der Waals surface area contributed by atoms with Crippen LogP contribution in [-0.2, 0) is 6.61 Å². The lowest BCUT2D eigenvalue weighted by molar-refractivity contribution is 0.293. The number of nitrogens with one attached hydrogen (secondary N) is 1. The van der Waals surface area contributed by atoms with E-state index in [1.54, 1.807) is 19.4 Å². The molecule has 1 aromatic carbocycles. The van der Waals surface area contributed by atoms with E-state index in [2.05, 4.69) is 4.98 Å². The maximum atomic E-state index is 7.59. The summed E-state index contributed by atoms with van der Waals surface area (Å²) in [6, 6.07) is 9.38. The first kappa shape index (κ1) is 13.9. The Kier molecular flexibility index (Phi) is 4.20. The van der Waals surface area contributed by atoms with Gasteiger partial charge in [-0.25, -0.2) is 4.98 Å². The van der Waals surface area contributed by atoms with Crippen LogP contribution < -0.4 is 15.2 Å². The van der Waals surface area contributed by atoms with Gasteiger partial charge < -0.3 is 15.2 Å². The monoisotopic (exact) mass is 271 g/mol. The Labute approximate surface area is 117 Å². The summed E-state index contributed by atoms with van der Waals surface area (Å²) in [5, 5.41) is 7.59. The molecule has 5 nitrogen and oxygen atoms in total. The number of aromatic nitrogens is 1. The molecule has 0 aliphatic rings. The topological polar surface area (TPSA) is 81.2 Å². The van der Waals surface area contributed by atoms with Gasteiger partial charge in [0.25, 0.3) is 0 Å². The van der Waals surface area contributed by atoms with Crippen molar-refractivity contribution in [3.05, 3.63) is 53.2 Å². The number of hydrogen-bond acceptors (Lipinski definition) is 4. The Bertz CT molecular complexity index is 609. The third kappa shape index (κ3) is 3.06. The van der Waals surface area contributed by atoms with Gasteiger partial charge in [-0.1, -0.05) is 12.1 Å². The fourth-order valence-corrected chi connectivity index (χ4v) is 1.84. The minimum atomic E-state index is -0.0414. The molecule has 20 heavy (non-hydrogen) atoms. The van der Waals surface area contributed by atoms with Gasteiger partial charge in [-0.15, -0.1) is 0 Å². The highest BCUT2D eigenvalue weighted by Crippen LogP contribution is 2.20. The van der Waals surface area contributed by atoms with Crippen LogP contribution in [-0.4, -0.2) is 17.9 Å². The summed E-state index contributed by atoms with van der Waals surface area (Å²) in [5.41, 5.74) is 7.97. The largest absolute Gasteiger partial charge is 0.497 e. The van der Waals surface area contributed by atoms with Gasteiger partial charge in [-0.05, 0) is 36.2 Å². The van der Waals surface area contributed by atoms with Crippen LogP contribution in [0, 0.1) is 12.3 Å². The Morgan fingerprint density at radius 3 is 2.55 bits per heavy atom. The Hall–Kier alpha value is -2.56. The molecule has 0 saturated heterocycles. The van der Waals surface area contributed by atoms with E-state index < -0.39 is 0 Å². The number of ether oxygens (including phenoxy) is 2. The number of hydrogen-bond donors (Lipinski definition) is 2. The van der Waals surface area contributed by atoms with Crippen molar-refractivity contribution in [3.8, 4) is 11.6 Å². The van der Waals surface area contributed by atoms with Crippen molar-refractivity contribution in [2.45, 2.75) is 13.5 Å². The fraction of sp³-hybridized carbons (Fsp3) is 0.200. The minimum absolute atomic E-state index is 0.0414. The number of nitrogens with zero attached hydrogens (tertiary/aromatic N) is 1. The lowest BCUT2D eigenvalue weighted by atomic mass is 10.1. The SMILES string of the molecule is COc1ccc(COc2nccc(C)c2C(=N)N)cc1. The van der Waals surface area contributed by atoms with Crippen LogP contribution in [0.1, 0.15) is 16.7 Å². The summed E-state index contributed by atoms with van der Waals surface area (Å²) in [6.07, 6.45) is 1.64. The second-order valence-electron chi connectivity index (χ2n) is 4.36. The molecule has 0 atom stereocenters. The molecule has 2 aromatic rings. The van der Waals surface area contributed by atoms with Crippen molar-refractivity contribution < 1.29 is 9.47 Å². The highest BCUT2D eigenvalue weighted by Gasteiger charge is 2.11. The number of amidine groups is 1. The normalized spacial score (nSPS) is 10.1. The van der Waals surface area contributed by atoms with E-state index in [4.69, 9.17) is 20.6 Å². The number of methoxy groups -OCH3 is 1. The predicted molar refractivity (Wildman–Crippen MR) is 77.3 cm³/mol. The van der Waals surface area contributed by atoms with Crippen LogP contribution in [0.25, 0.3) is 0 Å². The third-order valence-electron chi connectivity index (χ3n) is 2.93. The molecule has 0 saturated carbocycles. The second kappa shape index (κ2) is 6.06. The third-order valence-corrected chi connectivity index (χ3v) is 2.93. The molecule has 0 bridgehead atoms. The molecule has 0 radical (unpaired) electrons. The zero-order chi connectivity index (χ0) is 14.5. The molecule has 0 amide bonds. The van der Waals surface area contributed by atoms with Gasteiger partial charge in [-0.3, -0.25) is 5.41 Å². The average Bonchev–Trinajstić information content (AvgIpc) is 2.45. The smallest absolute Gasteiger partial charge is 0.225 e. The molecule has 0 aliphatic heterocycles. The molecule has 1 aromatic heterocycles. The minimum Gasteiger partial charge on any atom is -0.497 e. The van der Waals surface area contributed by atoms with E-state index in [1.165, 1.54) is 0 Å². The van der Waals surface area contributed by atoms with Gasteiger partial charge in [0, 0.05) is 6.20 Å². The highest BCUT2D eigenvalue weighted by molar-refractivity contribution is 5.98. The summed E-state index contributed by atoms with van der Waals surface area (Å²) >= 11 is 0. The van der Waals surface area contributed by atoms with Crippen LogP contribution in [0.15, 0.2) is 36.5 Å². The zero-order valence-electron chi connectivity index (χ0n) is 11.5. The van der Waals surface area contributed by atoms with E-state index in [0.29, 0.717) is 18.1 Å². The Morgan fingerprint density at radius 2 is 1.95 bits per heavy atom. The highest BCUT2D eigenvalue weighted by atomic mass is 16.5. The lowest BCUT2D eigenvalue weighted by Gasteiger charge is -2.11. The van der Waals surface area contributed by atoms with Crippen molar-refractivity contribution >= 4 is 5.84 Å².